The zero-order valence-electron chi connectivity index (χ0n) is 18.7. The van der Waals surface area contributed by atoms with E-state index >= 15 is 0 Å². The van der Waals surface area contributed by atoms with Gasteiger partial charge in [-0.05, 0) is 60.7 Å². The minimum Gasteiger partial charge on any atom is -0.489 e. The van der Waals surface area contributed by atoms with Crippen LogP contribution in [0.15, 0.2) is 75.3 Å². The highest BCUT2D eigenvalue weighted by Crippen LogP contribution is 2.23. The molecule has 0 spiro atoms. The molecule has 0 aliphatic carbocycles. The number of thiophene rings is 1. The van der Waals surface area contributed by atoms with Crippen molar-refractivity contribution in [3.8, 4) is 5.75 Å². The quantitative estimate of drug-likeness (QED) is 0.290. The Morgan fingerprint density at radius 1 is 1.09 bits per heavy atom. The highest BCUT2D eigenvalue weighted by molar-refractivity contribution is 7.10. The molecule has 0 radical (unpaired) electrons. The molecule has 0 aliphatic heterocycles. The molecule has 1 unspecified atom stereocenters. The lowest BCUT2D eigenvalue weighted by atomic mass is 10.1. The maximum absolute atomic E-state index is 12.3. The molecule has 7 nitrogen and oxygen atoms in total. The number of amides is 1. The third kappa shape index (κ3) is 5.71. The number of hydrogen-bond acceptors (Lipinski definition) is 7. The first-order valence-electron chi connectivity index (χ1n) is 10.6. The molecule has 0 fully saturated rings. The van der Waals surface area contributed by atoms with Crippen molar-refractivity contribution in [2.24, 2.45) is 0 Å². The van der Waals surface area contributed by atoms with Crippen LogP contribution < -0.4 is 15.7 Å². The number of esters is 1. The van der Waals surface area contributed by atoms with Crippen molar-refractivity contribution in [2.45, 2.75) is 26.5 Å². The lowest BCUT2D eigenvalue weighted by Gasteiger charge is -2.12. The second kappa shape index (κ2) is 10.4. The van der Waals surface area contributed by atoms with E-state index in [9.17, 15) is 14.4 Å². The Bertz CT molecular complexity index is 1360. The smallest absolute Gasteiger partial charge is 0.338 e. The Kier molecular flexibility index (Phi) is 7.08. The Labute approximate surface area is 199 Å². The maximum atomic E-state index is 12.3. The van der Waals surface area contributed by atoms with Crippen molar-refractivity contribution in [3.63, 3.8) is 0 Å². The van der Waals surface area contributed by atoms with Crippen molar-refractivity contribution >= 4 is 34.2 Å². The van der Waals surface area contributed by atoms with Gasteiger partial charge in [0.1, 0.15) is 17.9 Å². The number of carbonyl (C=O) groups is 2. The average Bonchev–Trinajstić information content (AvgIpc) is 3.36. The monoisotopic (exact) mass is 477 g/mol. The summed E-state index contributed by atoms with van der Waals surface area (Å²) in [6.07, 6.45) is 0. The molecule has 1 atom stereocenters. The van der Waals surface area contributed by atoms with Gasteiger partial charge in [0.15, 0.2) is 6.61 Å². The Morgan fingerprint density at radius 2 is 1.88 bits per heavy atom. The van der Waals surface area contributed by atoms with Crippen molar-refractivity contribution in [3.05, 3.63) is 98.0 Å². The van der Waals surface area contributed by atoms with Crippen molar-refractivity contribution in [1.82, 2.24) is 5.32 Å². The molecular formula is C26H23NO6S. The van der Waals surface area contributed by atoms with E-state index in [2.05, 4.69) is 5.32 Å². The number of rotatable bonds is 8. The minimum absolute atomic E-state index is 0.145. The highest BCUT2D eigenvalue weighted by Gasteiger charge is 2.14. The van der Waals surface area contributed by atoms with Crippen molar-refractivity contribution in [1.29, 1.82) is 0 Å². The first-order valence-corrected chi connectivity index (χ1v) is 11.5. The summed E-state index contributed by atoms with van der Waals surface area (Å²) in [7, 11) is 0. The lowest BCUT2D eigenvalue weighted by Crippen LogP contribution is -2.30. The second-order valence-corrected chi connectivity index (χ2v) is 8.75. The molecule has 1 N–H and O–H groups in total. The van der Waals surface area contributed by atoms with Gasteiger partial charge in [0, 0.05) is 22.4 Å². The van der Waals surface area contributed by atoms with Crippen LogP contribution in [-0.4, -0.2) is 18.5 Å². The molecule has 8 heteroatoms. The fourth-order valence-electron chi connectivity index (χ4n) is 3.41. The van der Waals surface area contributed by atoms with Gasteiger partial charge in [-0.1, -0.05) is 18.2 Å². The van der Waals surface area contributed by atoms with E-state index in [1.165, 1.54) is 6.07 Å². The van der Waals surface area contributed by atoms with Gasteiger partial charge in [0.05, 0.1) is 11.6 Å². The van der Waals surface area contributed by atoms with Gasteiger partial charge >= 0.3 is 11.6 Å². The van der Waals surface area contributed by atoms with Crippen LogP contribution in [0.3, 0.4) is 0 Å². The first-order chi connectivity index (χ1) is 16.4. The van der Waals surface area contributed by atoms with Gasteiger partial charge < -0.3 is 19.2 Å². The number of fused-ring (bicyclic) bond motifs is 1. The maximum Gasteiger partial charge on any atom is 0.338 e. The van der Waals surface area contributed by atoms with Crippen LogP contribution in [0.2, 0.25) is 0 Å². The summed E-state index contributed by atoms with van der Waals surface area (Å²) in [5, 5.41) is 5.59. The molecule has 174 valence electrons. The molecule has 0 bridgehead atoms. The van der Waals surface area contributed by atoms with E-state index in [0.717, 1.165) is 21.4 Å². The number of ether oxygens (including phenoxy) is 2. The summed E-state index contributed by atoms with van der Waals surface area (Å²) in [5.74, 6) is -0.375. The molecule has 4 aromatic rings. The van der Waals surface area contributed by atoms with E-state index in [1.807, 2.05) is 43.5 Å². The topological polar surface area (TPSA) is 94.8 Å². The molecule has 0 saturated heterocycles. The zero-order chi connectivity index (χ0) is 24.1. The van der Waals surface area contributed by atoms with E-state index < -0.39 is 11.6 Å². The fourth-order valence-corrected chi connectivity index (χ4v) is 4.14. The SMILES string of the molecule is Cc1cc(=O)oc2cc(OCc3ccc(C(=O)OCC(=O)NC(C)c4cccs4)cc3)ccc12. The molecule has 4 rings (SSSR count). The van der Waals surface area contributed by atoms with Gasteiger partial charge in [-0.25, -0.2) is 9.59 Å². The number of benzene rings is 2. The van der Waals surface area contributed by atoms with Crippen LogP contribution in [0.4, 0.5) is 0 Å². The number of carbonyl (C=O) groups excluding carboxylic acids is 2. The third-order valence-corrected chi connectivity index (χ3v) is 6.25. The summed E-state index contributed by atoms with van der Waals surface area (Å²) in [6, 6.07) is 17.2. The standard InChI is InChI=1S/C26H23NO6S/c1-16-12-25(29)33-22-13-20(9-10-21(16)22)31-14-18-5-7-19(8-6-18)26(30)32-15-24(28)27-17(2)23-4-3-11-34-23/h3-13,17H,14-15H2,1-2H3,(H,27,28). The van der Waals surface area contributed by atoms with Crippen molar-refractivity contribution < 1.29 is 23.5 Å². The van der Waals surface area contributed by atoms with Crippen LogP contribution in [0.1, 0.15) is 39.3 Å². The van der Waals surface area contributed by atoms with Gasteiger partial charge in [-0.2, -0.15) is 0 Å². The van der Waals surface area contributed by atoms with Crippen molar-refractivity contribution in [2.75, 3.05) is 6.61 Å². The molecule has 1 amide bonds. The van der Waals surface area contributed by atoms with Gasteiger partial charge in [-0.15, -0.1) is 11.3 Å². The molecular weight excluding hydrogens is 454 g/mol. The van der Waals surface area contributed by atoms with Crippen LogP contribution in [0.25, 0.3) is 11.0 Å². The summed E-state index contributed by atoms with van der Waals surface area (Å²) < 4.78 is 16.2. The molecule has 0 saturated carbocycles. The van der Waals surface area contributed by atoms with Crippen LogP contribution in [0, 0.1) is 6.92 Å². The largest absolute Gasteiger partial charge is 0.489 e. The Balaban J connectivity index is 1.28. The molecule has 2 heterocycles. The van der Waals surface area contributed by atoms with Gasteiger partial charge in [-0.3, -0.25) is 4.79 Å². The summed E-state index contributed by atoms with van der Waals surface area (Å²) in [5.41, 5.74) is 2.08. The highest BCUT2D eigenvalue weighted by atomic mass is 32.1. The Hall–Kier alpha value is -3.91. The van der Waals surface area contributed by atoms with E-state index in [4.69, 9.17) is 13.9 Å². The normalized spacial score (nSPS) is 11.7. The summed E-state index contributed by atoms with van der Waals surface area (Å²) >= 11 is 1.55. The van der Waals surface area contributed by atoms with Crippen LogP contribution >= 0.6 is 11.3 Å². The molecule has 0 aliphatic rings. The zero-order valence-corrected chi connectivity index (χ0v) is 19.5. The predicted molar refractivity (Wildman–Crippen MR) is 129 cm³/mol. The molecule has 34 heavy (non-hydrogen) atoms. The molecule has 2 aromatic heterocycles. The number of aryl methyl sites for hydroxylation is 1. The van der Waals surface area contributed by atoms with Gasteiger partial charge in [0.2, 0.25) is 0 Å². The predicted octanol–water partition coefficient (Wildman–Crippen LogP) is 4.78. The van der Waals surface area contributed by atoms with Gasteiger partial charge in [0.25, 0.3) is 5.91 Å². The van der Waals surface area contributed by atoms with E-state index in [0.29, 0.717) is 16.9 Å². The Morgan fingerprint density at radius 3 is 2.62 bits per heavy atom. The third-order valence-electron chi connectivity index (χ3n) is 5.20. The van der Waals surface area contributed by atoms with E-state index in [-0.39, 0.29) is 25.2 Å². The fraction of sp³-hybridized carbons (Fsp3) is 0.192. The lowest BCUT2D eigenvalue weighted by molar-refractivity contribution is -0.124. The summed E-state index contributed by atoms with van der Waals surface area (Å²) in [6.45, 7) is 3.64. The van der Waals surface area contributed by atoms with Crippen LogP contribution in [0.5, 0.6) is 5.75 Å². The molecule has 2 aromatic carbocycles. The second-order valence-electron chi connectivity index (χ2n) is 7.77. The summed E-state index contributed by atoms with van der Waals surface area (Å²) in [4.78, 5) is 36.9. The number of nitrogens with one attached hydrogen (secondary N) is 1. The first kappa shape index (κ1) is 23.3. The average molecular weight is 478 g/mol. The number of hydrogen-bond donors (Lipinski definition) is 1. The van der Waals surface area contributed by atoms with Crippen LogP contribution in [-0.2, 0) is 16.1 Å². The van der Waals surface area contributed by atoms with E-state index in [1.54, 1.807) is 41.7 Å². The minimum atomic E-state index is -0.577.